The lowest BCUT2D eigenvalue weighted by Crippen LogP contribution is -2.44. The van der Waals surface area contributed by atoms with Crippen LogP contribution < -0.4 is 16.6 Å². The number of H-pyrrole nitrogens is 1. The maximum absolute atomic E-state index is 12.3. The van der Waals surface area contributed by atoms with Gasteiger partial charge in [-0.25, -0.2) is 4.79 Å². The van der Waals surface area contributed by atoms with Gasteiger partial charge in [-0.2, -0.15) is 0 Å². The van der Waals surface area contributed by atoms with Crippen molar-refractivity contribution < 1.29 is 9.59 Å². The lowest BCUT2D eigenvalue weighted by atomic mass is 9.97. The Morgan fingerprint density at radius 2 is 2.25 bits per heavy atom. The Hall–Kier alpha value is -2.31. The molecule has 2 heterocycles. The summed E-state index contributed by atoms with van der Waals surface area (Å²) in [7, 11) is 0. The molecule has 3 amide bonds. The second-order valence-electron chi connectivity index (χ2n) is 4.93. The Bertz CT molecular complexity index is 555. The molecule has 1 aromatic heterocycles. The smallest absolute Gasteiger partial charge is 0.312 e. The molecule has 0 spiro atoms. The van der Waals surface area contributed by atoms with Crippen molar-refractivity contribution in [1.82, 2.24) is 15.2 Å². The average Bonchev–Trinajstić information content (AvgIpc) is 2.44. The van der Waals surface area contributed by atoms with Crippen molar-refractivity contribution in [1.29, 1.82) is 0 Å². The van der Waals surface area contributed by atoms with E-state index in [4.69, 9.17) is 5.73 Å². The maximum atomic E-state index is 12.3. The second kappa shape index (κ2) is 6.23. The first-order chi connectivity index (χ1) is 9.56. The number of amides is 3. The summed E-state index contributed by atoms with van der Waals surface area (Å²) in [5, 5.41) is 2.57. The van der Waals surface area contributed by atoms with Crippen LogP contribution in [-0.4, -0.2) is 41.5 Å². The lowest BCUT2D eigenvalue weighted by molar-refractivity contribution is 0.0669. The van der Waals surface area contributed by atoms with E-state index >= 15 is 0 Å². The summed E-state index contributed by atoms with van der Waals surface area (Å²) in [6.45, 7) is 1.67. The van der Waals surface area contributed by atoms with Crippen LogP contribution in [0.3, 0.4) is 0 Å². The van der Waals surface area contributed by atoms with Gasteiger partial charge in [0.25, 0.3) is 5.91 Å². The van der Waals surface area contributed by atoms with E-state index in [9.17, 15) is 14.4 Å². The molecular formula is C13H18N4O3. The molecule has 20 heavy (non-hydrogen) atoms. The number of primary amides is 1. The summed E-state index contributed by atoms with van der Waals surface area (Å²) >= 11 is 0. The number of hydrogen-bond donors (Lipinski definition) is 3. The summed E-state index contributed by atoms with van der Waals surface area (Å²) in [5.41, 5.74) is 5.04. The number of aromatic amines is 1. The number of hydrogen-bond acceptors (Lipinski definition) is 3. The number of pyridine rings is 1. The van der Waals surface area contributed by atoms with Gasteiger partial charge in [-0.05, 0) is 24.8 Å². The number of carbonyl (C=O) groups excluding carboxylic acids is 2. The van der Waals surface area contributed by atoms with Gasteiger partial charge in [-0.1, -0.05) is 6.07 Å². The summed E-state index contributed by atoms with van der Waals surface area (Å²) in [6, 6.07) is 3.96. The molecule has 0 radical (unpaired) electrons. The Morgan fingerprint density at radius 1 is 1.45 bits per heavy atom. The van der Waals surface area contributed by atoms with E-state index in [0.29, 0.717) is 25.3 Å². The van der Waals surface area contributed by atoms with E-state index in [1.807, 2.05) is 0 Å². The van der Waals surface area contributed by atoms with Crippen LogP contribution in [0.2, 0.25) is 0 Å². The average molecular weight is 278 g/mol. The van der Waals surface area contributed by atoms with E-state index < -0.39 is 6.03 Å². The van der Waals surface area contributed by atoms with Crippen LogP contribution in [0.4, 0.5) is 4.79 Å². The highest BCUT2D eigenvalue weighted by molar-refractivity contribution is 5.92. The summed E-state index contributed by atoms with van der Waals surface area (Å²) in [6.07, 6.45) is 1.81. The van der Waals surface area contributed by atoms with Crippen molar-refractivity contribution in [3.05, 3.63) is 34.2 Å². The van der Waals surface area contributed by atoms with E-state index in [0.717, 1.165) is 12.8 Å². The molecule has 1 aliphatic rings. The predicted octanol–water partition coefficient (Wildman–Crippen LogP) is -0.105. The van der Waals surface area contributed by atoms with Gasteiger partial charge in [0.05, 0.1) is 0 Å². The number of aromatic nitrogens is 1. The van der Waals surface area contributed by atoms with E-state index in [2.05, 4.69) is 10.3 Å². The fraction of sp³-hybridized carbons (Fsp3) is 0.462. The molecule has 1 aromatic rings. The molecule has 2 rings (SSSR count). The number of rotatable bonds is 3. The molecule has 1 atom stereocenters. The number of likely N-dealkylation sites (tertiary alicyclic amines) is 1. The third kappa shape index (κ3) is 3.59. The van der Waals surface area contributed by atoms with Gasteiger partial charge in [-0.3, -0.25) is 9.59 Å². The molecule has 0 aromatic carbocycles. The zero-order valence-electron chi connectivity index (χ0n) is 11.1. The first-order valence-electron chi connectivity index (χ1n) is 6.58. The van der Waals surface area contributed by atoms with Gasteiger partial charge in [0, 0.05) is 25.7 Å². The number of urea groups is 1. The summed E-state index contributed by atoms with van der Waals surface area (Å²) < 4.78 is 0. The molecule has 0 saturated carbocycles. The fourth-order valence-corrected chi connectivity index (χ4v) is 2.40. The van der Waals surface area contributed by atoms with Crippen molar-refractivity contribution in [3.8, 4) is 0 Å². The van der Waals surface area contributed by atoms with Gasteiger partial charge < -0.3 is 20.9 Å². The molecule has 1 fully saturated rings. The number of nitrogens with zero attached hydrogens (tertiary/aromatic N) is 1. The SMILES string of the molecule is NC(=O)NCC1CCCN(C(=O)c2cccc(=O)[nH]2)C1. The number of carbonyl (C=O) groups is 2. The van der Waals surface area contributed by atoms with Crippen LogP contribution in [0.15, 0.2) is 23.0 Å². The standard InChI is InChI=1S/C13H18N4O3/c14-13(20)15-7-9-3-2-6-17(8-9)12(19)10-4-1-5-11(18)16-10/h1,4-5,9H,2-3,6-8H2,(H,16,18)(H3,14,15,20). The van der Waals surface area contributed by atoms with Crippen LogP contribution in [0.25, 0.3) is 0 Å². The van der Waals surface area contributed by atoms with Gasteiger partial charge in [0.2, 0.25) is 5.56 Å². The summed E-state index contributed by atoms with van der Waals surface area (Å²) in [4.78, 5) is 38.4. The molecular weight excluding hydrogens is 260 g/mol. The van der Waals surface area contributed by atoms with Crippen LogP contribution in [0.5, 0.6) is 0 Å². The van der Waals surface area contributed by atoms with Crippen molar-refractivity contribution in [2.75, 3.05) is 19.6 Å². The summed E-state index contributed by atoms with van der Waals surface area (Å²) in [5.74, 6) is 0.00195. The van der Waals surface area contributed by atoms with Crippen molar-refractivity contribution in [2.24, 2.45) is 11.7 Å². The molecule has 7 heteroatoms. The van der Waals surface area contributed by atoms with Crippen LogP contribution >= 0.6 is 0 Å². The number of nitrogens with one attached hydrogen (secondary N) is 2. The van der Waals surface area contributed by atoms with E-state index in [1.165, 1.54) is 6.07 Å². The monoisotopic (exact) mass is 278 g/mol. The van der Waals surface area contributed by atoms with Gasteiger partial charge >= 0.3 is 6.03 Å². The highest BCUT2D eigenvalue weighted by Crippen LogP contribution is 2.17. The molecule has 0 bridgehead atoms. The molecule has 108 valence electrons. The minimum atomic E-state index is -0.555. The number of piperidine rings is 1. The third-order valence-corrected chi connectivity index (χ3v) is 3.37. The van der Waals surface area contributed by atoms with E-state index in [-0.39, 0.29) is 17.4 Å². The highest BCUT2D eigenvalue weighted by Gasteiger charge is 2.24. The highest BCUT2D eigenvalue weighted by atomic mass is 16.2. The van der Waals surface area contributed by atoms with Crippen LogP contribution in [0, 0.1) is 5.92 Å². The molecule has 4 N–H and O–H groups in total. The van der Waals surface area contributed by atoms with Gasteiger partial charge in [-0.15, -0.1) is 0 Å². The Kier molecular flexibility index (Phi) is 4.39. The quantitative estimate of drug-likeness (QED) is 0.718. The van der Waals surface area contributed by atoms with Gasteiger partial charge in [0.15, 0.2) is 0 Å². The normalized spacial score (nSPS) is 18.6. The van der Waals surface area contributed by atoms with Crippen LogP contribution in [0.1, 0.15) is 23.3 Å². The number of nitrogens with two attached hydrogens (primary N) is 1. The topological polar surface area (TPSA) is 108 Å². The molecule has 0 aliphatic carbocycles. The maximum Gasteiger partial charge on any atom is 0.312 e. The second-order valence-corrected chi connectivity index (χ2v) is 4.93. The molecule has 1 unspecified atom stereocenters. The molecule has 1 saturated heterocycles. The third-order valence-electron chi connectivity index (χ3n) is 3.37. The Morgan fingerprint density at radius 3 is 2.95 bits per heavy atom. The largest absolute Gasteiger partial charge is 0.352 e. The zero-order chi connectivity index (χ0) is 14.5. The van der Waals surface area contributed by atoms with E-state index in [1.54, 1.807) is 17.0 Å². The van der Waals surface area contributed by atoms with Crippen molar-refractivity contribution >= 4 is 11.9 Å². The van der Waals surface area contributed by atoms with Crippen molar-refractivity contribution in [2.45, 2.75) is 12.8 Å². The van der Waals surface area contributed by atoms with Crippen LogP contribution in [-0.2, 0) is 0 Å². The zero-order valence-corrected chi connectivity index (χ0v) is 11.1. The van der Waals surface area contributed by atoms with Gasteiger partial charge in [0.1, 0.15) is 5.69 Å². The minimum absolute atomic E-state index is 0.188. The first-order valence-corrected chi connectivity index (χ1v) is 6.58. The Labute approximate surface area is 116 Å². The minimum Gasteiger partial charge on any atom is -0.352 e. The fourth-order valence-electron chi connectivity index (χ4n) is 2.40. The predicted molar refractivity (Wildman–Crippen MR) is 73.3 cm³/mol. The molecule has 1 aliphatic heterocycles. The molecule has 7 nitrogen and oxygen atoms in total. The van der Waals surface area contributed by atoms with Crippen molar-refractivity contribution in [3.63, 3.8) is 0 Å². The first kappa shape index (κ1) is 14.1. The Balaban J connectivity index is 1.99. The lowest BCUT2D eigenvalue weighted by Gasteiger charge is -2.32.